The van der Waals surface area contributed by atoms with E-state index >= 15 is 0 Å². The minimum atomic E-state index is 0.442. The third-order valence-electron chi connectivity index (χ3n) is 3.41. The van der Waals surface area contributed by atoms with Crippen molar-refractivity contribution in [2.24, 2.45) is 5.73 Å². The molecule has 0 fully saturated rings. The van der Waals surface area contributed by atoms with Crippen molar-refractivity contribution in [3.63, 3.8) is 0 Å². The number of hydrogen-bond acceptors (Lipinski definition) is 4. The molecule has 0 amide bonds. The van der Waals surface area contributed by atoms with Crippen LogP contribution >= 0.6 is 0 Å². The van der Waals surface area contributed by atoms with Gasteiger partial charge in [-0.05, 0) is 35.4 Å². The summed E-state index contributed by atoms with van der Waals surface area (Å²) < 4.78 is 5.15. The Hall–Kier alpha value is -2.51. The normalized spacial score (nSPS) is 10.0. The largest absolute Gasteiger partial charge is 0.497 e. The molecule has 0 unspecified atom stereocenters. The van der Waals surface area contributed by atoms with Crippen LogP contribution in [0, 0.1) is 11.3 Å². The third kappa shape index (κ3) is 3.53. The van der Waals surface area contributed by atoms with Crippen LogP contribution in [0.15, 0.2) is 42.5 Å². The summed E-state index contributed by atoms with van der Waals surface area (Å²) in [6.45, 7) is 1.16. The van der Waals surface area contributed by atoms with Crippen LogP contribution in [0.1, 0.15) is 16.7 Å². The Morgan fingerprint density at radius 1 is 1.14 bits per heavy atom. The second-order valence-electron chi connectivity index (χ2n) is 4.87. The number of benzene rings is 2. The number of nitriles is 1. The van der Waals surface area contributed by atoms with Gasteiger partial charge in [0.25, 0.3) is 0 Å². The van der Waals surface area contributed by atoms with E-state index in [1.54, 1.807) is 7.11 Å². The average molecular weight is 281 g/mol. The molecule has 0 spiro atoms. The van der Waals surface area contributed by atoms with Crippen molar-refractivity contribution in [1.82, 2.24) is 0 Å². The van der Waals surface area contributed by atoms with Crippen molar-refractivity contribution in [2.45, 2.75) is 13.1 Å². The molecule has 21 heavy (non-hydrogen) atoms. The highest BCUT2D eigenvalue weighted by Gasteiger charge is 2.09. The first-order valence-electron chi connectivity index (χ1n) is 6.75. The quantitative estimate of drug-likeness (QED) is 0.915. The number of nitrogens with zero attached hydrogens (tertiary/aromatic N) is 2. The van der Waals surface area contributed by atoms with E-state index in [0.717, 1.165) is 29.1 Å². The first-order chi connectivity index (χ1) is 10.2. The number of rotatable bonds is 5. The van der Waals surface area contributed by atoms with Gasteiger partial charge in [0.15, 0.2) is 0 Å². The van der Waals surface area contributed by atoms with Gasteiger partial charge in [-0.2, -0.15) is 5.26 Å². The first kappa shape index (κ1) is 14.9. The van der Waals surface area contributed by atoms with E-state index in [1.807, 2.05) is 49.5 Å². The summed E-state index contributed by atoms with van der Waals surface area (Å²) in [6.07, 6.45) is 0. The number of ether oxygens (including phenoxy) is 1. The summed E-state index contributed by atoms with van der Waals surface area (Å²) in [5.41, 5.74) is 9.29. The van der Waals surface area contributed by atoms with Crippen LogP contribution in [-0.4, -0.2) is 14.2 Å². The van der Waals surface area contributed by atoms with Crippen molar-refractivity contribution < 1.29 is 4.74 Å². The molecule has 2 N–H and O–H groups in total. The van der Waals surface area contributed by atoms with Crippen molar-refractivity contribution in [3.05, 3.63) is 59.2 Å². The molecule has 0 heterocycles. The molecule has 0 aliphatic rings. The summed E-state index contributed by atoms with van der Waals surface area (Å²) in [5, 5.41) is 9.29. The molecule has 2 aromatic carbocycles. The van der Waals surface area contributed by atoms with Crippen LogP contribution in [0.25, 0.3) is 0 Å². The highest BCUT2D eigenvalue weighted by molar-refractivity contribution is 5.60. The predicted molar refractivity (Wildman–Crippen MR) is 84.1 cm³/mol. The van der Waals surface area contributed by atoms with Crippen LogP contribution in [0.4, 0.5) is 5.69 Å². The van der Waals surface area contributed by atoms with Gasteiger partial charge in [0.2, 0.25) is 0 Å². The molecule has 0 aliphatic heterocycles. The predicted octanol–water partition coefficient (Wildman–Crippen LogP) is 2.66. The molecule has 0 aliphatic carbocycles. The lowest BCUT2D eigenvalue weighted by Gasteiger charge is -2.21. The Morgan fingerprint density at radius 2 is 1.81 bits per heavy atom. The Labute approximate surface area is 125 Å². The minimum Gasteiger partial charge on any atom is -0.497 e. The van der Waals surface area contributed by atoms with Crippen molar-refractivity contribution in [1.29, 1.82) is 5.26 Å². The molecule has 4 heteroatoms. The molecular weight excluding hydrogens is 262 g/mol. The molecule has 108 valence electrons. The summed E-state index contributed by atoms with van der Waals surface area (Å²) in [5.74, 6) is 0.839. The lowest BCUT2D eigenvalue weighted by atomic mass is 10.1. The zero-order chi connectivity index (χ0) is 15.2. The van der Waals surface area contributed by atoms with Gasteiger partial charge in [0, 0.05) is 20.1 Å². The van der Waals surface area contributed by atoms with Crippen molar-refractivity contribution >= 4 is 5.69 Å². The van der Waals surface area contributed by atoms with Crippen LogP contribution in [0.5, 0.6) is 5.75 Å². The molecule has 4 nitrogen and oxygen atoms in total. The van der Waals surface area contributed by atoms with E-state index in [9.17, 15) is 5.26 Å². The van der Waals surface area contributed by atoms with Gasteiger partial charge in [0.1, 0.15) is 11.8 Å². The van der Waals surface area contributed by atoms with Crippen LogP contribution < -0.4 is 15.4 Å². The molecule has 0 radical (unpaired) electrons. The number of methoxy groups -OCH3 is 1. The molecule has 2 rings (SSSR count). The fourth-order valence-electron chi connectivity index (χ4n) is 2.22. The lowest BCUT2D eigenvalue weighted by molar-refractivity contribution is 0.414. The van der Waals surface area contributed by atoms with Crippen LogP contribution in [-0.2, 0) is 13.1 Å². The minimum absolute atomic E-state index is 0.442. The van der Waals surface area contributed by atoms with Crippen LogP contribution in [0.2, 0.25) is 0 Å². The zero-order valence-corrected chi connectivity index (χ0v) is 12.3. The SMILES string of the molecule is COc1ccc(CN(C)c2ccc(CN)cc2C#N)cc1. The maximum absolute atomic E-state index is 9.29. The van der Waals surface area contributed by atoms with E-state index in [1.165, 1.54) is 0 Å². The molecule has 0 bridgehead atoms. The number of anilines is 1. The summed E-state index contributed by atoms with van der Waals surface area (Å²) in [4.78, 5) is 2.06. The fraction of sp³-hybridized carbons (Fsp3) is 0.235. The van der Waals surface area contributed by atoms with Gasteiger partial charge in [-0.1, -0.05) is 18.2 Å². The van der Waals surface area contributed by atoms with E-state index in [0.29, 0.717) is 12.1 Å². The lowest BCUT2D eigenvalue weighted by Crippen LogP contribution is -2.17. The standard InChI is InChI=1S/C17H19N3O/c1-20(12-13-3-6-16(21-2)7-4-13)17-8-5-14(10-18)9-15(17)11-19/h3-9H,10,12,18H2,1-2H3. The van der Waals surface area contributed by atoms with E-state index in [4.69, 9.17) is 10.5 Å². The van der Waals surface area contributed by atoms with Gasteiger partial charge in [0.05, 0.1) is 18.4 Å². The molecular formula is C17H19N3O. The van der Waals surface area contributed by atoms with E-state index < -0.39 is 0 Å². The highest BCUT2D eigenvalue weighted by atomic mass is 16.5. The molecule has 0 atom stereocenters. The Morgan fingerprint density at radius 3 is 2.38 bits per heavy atom. The summed E-state index contributed by atoms with van der Waals surface area (Å²) in [6, 6.07) is 15.9. The summed E-state index contributed by atoms with van der Waals surface area (Å²) in [7, 11) is 3.63. The zero-order valence-electron chi connectivity index (χ0n) is 12.3. The average Bonchev–Trinajstić information content (AvgIpc) is 2.54. The van der Waals surface area contributed by atoms with Crippen LogP contribution in [0.3, 0.4) is 0 Å². The van der Waals surface area contributed by atoms with E-state index in [2.05, 4.69) is 11.0 Å². The number of nitrogens with two attached hydrogens (primary N) is 1. The highest BCUT2D eigenvalue weighted by Crippen LogP contribution is 2.22. The van der Waals surface area contributed by atoms with Gasteiger partial charge in [-0.3, -0.25) is 0 Å². The topological polar surface area (TPSA) is 62.3 Å². The second kappa shape index (κ2) is 6.78. The molecule has 0 saturated heterocycles. The molecule has 2 aromatic rings. The second-order valence-corrected chi connectivity index (χ2v) is 4.87. The van der Waals surface area contributed by atoms with Gasteiger partial charge in [-0.15, -0.1) is 0 Å². The van der Waals surface area contributed by atoms with Gasteiger partial charge in [-0.25, -0.2) is 0 Å². The van der Waals surface area contributed by atoms with Gasteiger partial charge >= 0.3 is 0 Å². The Balaban J connectivity index is 2.19. The first-order valence-corrected chi connectivity index (χ1v) is 6.75. The third-order valence-corrected chi connectivity index (χ3v) is 3.41. The maximum atomic E-state index is 9.29. The Kier molecular flexibility index (Phi) is 4.81. The fourth-order valence-corrected chi connectivity index (χ4v) is 2.22. The number of hydrogen-bond donors (Lipinski definition) is 1. The smallest absolute Gasteiger partial charge is 0.118 e. The molecule has 0 saturated carbocycles. The summed E-state index contributed by atoms with van der Waals surface area (Å²) >= 11 is 0. The van der Waals surface area contributed by atoms with E-state index in [-0.39, 0.29) is 0 Å². The molecule has 0 aromatic heterocycles. The Bertz CT molecular complexity index is 644. The van der Waals surface area contributed by atoms with Gasteiger partial charge < -0.3 is 15.4 Å². The van der Waals surface area contributed by atoms with Crippen molar-refractivity contribution in [2.75, 3.05) is 19.1 Å². The maximum Gasteiger partial charge on any atom is 0.118 e. The van der Waals surface area contributed by atoms with Crippen molar-refractivity contribution in [3.8, 4) is 11.8 Å². The monoisotopic (exact) mass is 281 g/mol.